The highest BCUT2D eigenvalue weighted by atomic mass is 16.5. The Bertz CT molecular complexity index is 370. The van der Waals surface area contributed by atoms with Crippen LogP contribution >= 0.6 is 0 Å². The Morgan fingerprint density at radius 3 is 2.06 bits per heavy atom. The Kier molecular flexibility index (Phi) is 4.94. The number of aryl methyl sites for hydroxylation is 2. The monoisotopic (exact) mass is 250 g/mol. The van der Waals surface area contributed by atoms with Gasteiger partial charge in [-0.25, -0.2) is 0 Å². The molecular formula is C16H26O2. The van der Waals surface area contributed by atoms with E-state index < -0.39 is 6.10 Å². The Balaban J connectivity index is 2.90. The summed E-state index contributed by atoms with van der Waals surface area (Å²) in [6.45, 7) is 10.5. The summed E-state index contributed by atoms with van der Waals surface area (Å²) >= 11 is 0. The van der Waals surface area contributed by atoms with Crippen molar-refractivity contribution >= 4 is 0 Å². The van der Waals surface area contributed by atoms with E-state index >= 15 is 0 Å². The highest BCUT2D eigenvalue weighted by Crippen LogP contribution is 2.27. The molecule has 0 saturated heterocycles. The van der Waals surface area contributed by atoms with Crippen LogP contribution in [0.3, 0.4) is 0 Å². The molecule has 1 aromatic carbocycles. The van der Waals surface area contributed by atoms with E-state index in [1.165, 1.54) is 16.7 Å². The van der Waals surface area contributed by atoms with Crippen LogP contribution in [0.5, 0.6) is 0 Å². The first-order valence-electron chi connectivity index (χ1n) is 6.53. The lowest BCUT2D eigenvalue weighted by Crippen LogP contribution is -2.40. The van der Waals surface area contributed by atoms with Crippen molar-refractivity contribution < 1.29 is 9.84 Å². The maximum absolute atomic E-state index is 10.4. The van der Waals surface area contributed by atoms with Crippen LogP contribution in [-0.2, 0) is 11.2 Å². The quantitative estimate of drug-likeness (QED) is 0.888. The number of hydrogen-bond donors (Lipinski definition) is 1. The summed E-state index contributed by atoms with van der Waals surface area (Å²) in [5, 5.41) is 10.4. The molecular weight excluding hydrogens is 224 g/mol. The molecule has 0 aliphatic rings. The zero-order valence-corrected chi connectivity index (χ0v) is 12.4. The molecule has 2 atom stereocenters. The highest BCUT2D eigenvalue weighted by Gasteiger charge is 2.31. The summed E-state index contributed by atoms with van der Waals surface area (Å²) < 4.78 is 5.48. The average molecular weight is 250 g/mol. The number of rotatable bonds is 4. The molecule has 0 bridgehead atoms. The zero-order chi connectivity index (χ0) is 13.9. The normalized spacial score (nSPS) is 15.5. The predicted molar refractivity (Wildman–Crippen MR) is 75.9 cm³/mol. The number of aliphatic hydroxyl groups is 1. The van der Waals surface area contributed by atoms with Gasteiger partial charge in [-0.3, -0.25) is 0 Å². The van der Waals surface area contributed by atoms with Gasteiger partial charge in [0.1, 0.15) is 0 Å². The molecule has 2 heteroatoms. The Labute approximate surface area is 111 Å². The molecule has 2 unspecified atom stereocenters. The van der Waals surface area contributed by atoms with Crippen LogP contribution < -0.4 is 0 Å². The molecule has 0 aromatic heterocycles. The summed E-state index contributed by atoms with van der Waals surface area (Å²) in [6.07, 6.45) is 0.0141. The van der Waals surface area contributed by atoms with Crippen molar-refractivity contribution in [2.75, 3.05) is 7.11 Å². The van der Waals surface area contributed by atoms with Crippen LogP contribution in [0.15, 0.2) is 18.2 Å². The second-order valence-electron chi connectivity index (χ2n) is 6.16. The summed E-state index contributed by atoms with van der Waals surface area (Å²) in [5.74, 6) is 0. The summed E-state index contributed by atoms with van der Waals surface area (Å²) in [7, 11) is 1.67. The number of benzene rings is 1. The lowest BCUT2D eigenvalue weighted by Gasteiger charge is -2.33. The molecule has 1 rings (SSSR count). The van der Waals surface area contributed by atoms with E-state index in [2.05, 4.69) is 52.8 Å². The van der Waals surface area contributed by atoms with Crippen molar-refractivity contribution in [3.05, 3.63) is 34.9 Å². The lowest BCUT2D eigenvalue weighted by atomic mass is 9.83. The predicted octanol–water partition coefficient (Wildman–Crippen LogP) is 3.27. The molecule has 0 fully saturated rings. The van der Waals surface area contributed by atoms with Gasteiger partial charge in [0.25, 0.3) is 0 Å². The SMILES string of the molecule is COC(C(O)Cc1c(C)cccc1C)C(C)(C)C. The topological polar surface area (TPSA) is 29.5 Å². The molecule has 0 saturated carbocycles. The Morgan fingerprint density at radius 1 is 1.17 bits per heavy atom. The van der Waals surface area contributed by atoms with E-state index in [4.69, 9.17) is 4.74 Å². The van der Waals surface area contributed by atoms with Crippen molar-refractivity contribution in [2.24, 2.45) is 5.41 Å². The fourth-order valence-corrected chi connectivity index (χ4v) is 2.57. The minimum Gasteiger partial charge on any atom is -0.390 e. The second-order valence-corrected chi connectivity index (χ2v) is 6.16. The number of ether oxygens (including phenoxy) is 1. The van der Waals surface area contributed by atoms with Gasteiger partial charge >= 0.3 is 0 Å². The maximum Gasteiger partial charge on any atom is 0.0881 e. The van der Waals surface area contributed by atoms with Crippen LogP contribution in [0.25, 0.3) is 0 Å². The van der Waals surface area contributed by atoms with Gasteiger partial charge in [-0.1, -0.05) is 39.0 Å². The molecule has 0 aliphatic carbocycles. The molecule has 0 radical (unpaired) electrons. The van der Waals surface area contributed by atoms with Gasteiger partial charge in [-0.05, 0) is 36.0 Å². The van der Waals surface area contributed by atoms with Gasteiger partial charge in [0.2, 0.25) is 0 Å². The van der Waals surface area contributed by atoms with Crippen molar-refractivity contribution in [1.29, 1.82) is 0 Å². The van der Waals surface area contributed by atoms with Crippen LogP contribution in [0.1, 0.15) is 37.5 Å². The van der Waals surface area contributed by atoms with Crippen molar-refractivity contribution in [1.82, 2.24) is 0 Å². The molecule has 1 aromatic rings. The van der Waals surface area contributed by atoms with Crippen LogP contribution in [-0.4, -0.2) is 24.4 Å². The van der Waals surface area contributed by atoms with E-state index in [1.807, 2.05) is 0 Å². The first-order valence-corrected chi connectivity index (χ1v) is 6.53. The largest absolute Gasteiger partial charge is 0.390 e. The molecule has 0 spiro atoms. The van der Waals surface area contributed by atoms with Gasteiger partial charge in [0.15, 0.2) is 0 Å². The second kappa shape index (κ2) is 5.85. The zero-order valence-electron chi connectivity index (χ0n) is 12.4. The molecule has 0 aliphatic heterocycles. The van der Waals surface area contributed by atoms with E-state index in [1.54, 1.807) is 7.11 Å². The van der Waals surface area contributed by atoms with E-state index in [0.29, 0.717) is 6.42 Å². The number of methoxy groups -OCH3 is 1. The van der Waals surface area contributed by atoms with Crippen LogP contribution in [0.2, 0.25) is 0 Å². The summed E-state index contributed by atoms with van der Waals surface area (Å²) in [4.78, 5) is 0. The lowest BCUT2D eigenvalue weighted by molar-refractivity contribution is -0.0699. The third-order valence-corrected chi connectivity index (χ3v) is 3.51. The van der Waals surface area contributed by atoms with E-state index in [0.717, 1.165) is 0 Å². The molecule has 2 nitrogen and oxygen atoms in total. The van der Waals surface area contributed by atoms with Gasteiger partial charge in [0, 0.05) is 13.5 Å². The van der Waals surface area contributed by atoms with Crippen molar-refractivity contribution in [3.8, 4) is 0 Å². The molecule has 1 N–H and O–H groups in total. The third-order valence-electron chi connectivity index (χ3n) is 3.51. The Hall–Kier alpha value is -0.860. The standard InChI is InChI=1S/C16H26O2/c1-11-8-7-9-12(2)13(11)10-14(17)15(18-6)16(3,4)5/h7-9,14-15,17H,10H2,1-6H3. The maximum atomic E-state index is 10.4. The van der Waals surface area contributed by atoms with Gasteiger partial charge in [-0.15, -0.1) is 0 Å². The molecule has 102 valence electrons. The number of aliphatic hydroxyl groups excluding tert-OH is 1. The van der Waals surface area contributed by atoms with Crippen molar-refractivity contribution in [3.63, 3.8) is 0 Å². The first-order chi connectivity index (χ1) is 8.27. The van der Waals surface area contributed by atoms with Gasteiger partial charge < -0.3 is 9.84 Å². The number of hydrogen-bond acceptors (Lipinski definition) is 2. The fraction of sp³-hybridized carbons (Fsp3) is 0.625. The Morgan fingerprint density at radius 2 is 1.67 bits per heavy atom. The van der Waals surface area contributed by atoms with Gasteiger partial charge in [0.05, 0.1) is 12.2 Å². The average Bonchev–Trinajstić information content (AvgIpc) is 2.22. The third kappa shape index (κ3) is 3.56. The summed E-state index contributed by atoms with van der Waals surface area (Å²) in [5.41, 5.74) is 3.64. The van der Waals surface area contributed by atoms with Gasteiger partial charge in [-0.2, -0.15) is 0 Å². The minimum absolute atomic E-state index is 0.0647. The first kappa shape index (κ1) is 15.2. The van der Waals surface area contributed by atoms with E-state index in [-0.39, 0.29) is 11.5 Å². The van der Waals surface area contributed by atoms with E-state index in [9.17, 15) is 5.11 Å². The smallest absolute Gasteiger partial charge is 0.0881 e. The molecule has 18 heavy (non-hydrogen) atoms. The molecule has 0 amide bonds. The highest BCUT2D eigenvalue weighted by molar-refractivity contribution is 5.34. The van der Waals surface area contributed by atoms with Crippen molar-refractivity contribution in [2.45, 2.75) is 53.2 Å². The fourth-order valence-electron chi connectivity index (χ4n) is 2.57. The minimum atomic E-state index is -0.477. The summed E-state index contributed by atoms with van der Waals surface area (Å²) in [6, 6.07) is 6.24. The van der Waals surface area contributed by atoms with Crippen LogP contribution in [0, 0.1) is 19.3 Å². The van der Waals surface area contributed by atoms with Crippen LogP contribution in [0.4, 0.5) is 0 Å². The molecule has 0 heterocycles.